The lowest BCUT2D eigenvalue weighted by atomic mass is 9.89. The molecule has 4 nitrogen and oxygen atoms in total. The normalized spacial score (nSPS) is 22.4. The summed E-state index contributed by atoms with van der Waals surface area (Å²) in [6.45, 7) is 7.06. The number of hydrogen-bond acceptors (Lipinski definition) is 4. The molecule has 0 saturated carbocycles. The van der Waals surface area contributed by atoms with Crippen molar-refractivity contribution < 1.29 is 9.84 Å². The molecule has 2 saturated heterocycles. The monoisotopic (exact) mass is 414 g/mol. The zero-order chi connectivity index (χ0) is 20.1. The van der Waals surface area contributed by atoms with Crippen LogP contribution in [0, 0.1) is 0 Å². The van der Waals surface area contributed by atoms with Crippen LogP contribution < -0.4 is 0 Å². The van der Waals surface area contributed by atoms with Crippen molar-refractivity contribution in [3.63, 3.8) is 0 Å². The first-order chi connectivity index (χ1) is 14.2. The van der Waals surface area contributed by atoms with Gasteiger partial charge in [-0.05, 0) is 73.7 Å². The summed E-state index contributed by atoms with van der Waals surface area (Å²) < 4.78 is 6.18. The molecule has 0 amide bonds. The van der Waals surface area contributed by atoms with Gasteiger partial charge in [0.15, 0.2) is 0 Å². The third-order valence-corrected chi connectivity index (χ3v) is 6.40. The number of nitrogens with zero attached hydrogens (tertiary/aromatic N) is 2. The van der Waals surface area contributed by atoms with E-state index in [1.54, 1.807) is 6.07 Å². The maximum atomic E-state index is 9.74. The Morgan fingerprint density at radius 2 is 1.79 bits per heavy atom. The Kier molecular flexibility index (Phi) is 7.09. The molecule has 2 aromatic carbocycles. The van der Waals surface area contributed by atoms with E-state index in [1.807, 2.05) is 24.3 Å². The fourth-order valence-corrected chi connectivity index (χ4v) is 4.71. The van der Waals surface area contributed by atoms with Gasteiger partial charge in [-0.1, -0.05) is 35.9 Å². The van der Waals surface area contributed by atoms with Gasteiger partial charge in [0.25, 0.3) is 0 Å². The first-order valence-corrected chi connectivity index (χ1v) is 11.1. The van der Waals surface area contributed by atoms with Crippen LogP contribution in [0.25, 0.3) is 0 Å². The van der Waals surface area contributed by atoms with Crippen LogP contribution >= 0.6 is 11.6 Å². The molecule has 1 atom stereocenters. The molecule has 5 heteroatoms. The molecule has 0 aromatic heterocycles. The molecule has 156 valence electrons. The lowest BCUT2D eigenvalue weighted by Gasteiger charge is -2.35. The summed E-state index contributed by atoms with van der Waals surface area (Å²) in [5, 5.41) is 10.5. The highest BCUT2D eigenvalue weighted by Gasteiger charge is 2.25. The molecule has 4 rings (SSSR count). The quantitative estimate of drug-likeness (QED) is 0.780. The van der Waals surface area contributed by atoms with Crippen LogP contribution in [0.2, 0.25) is 5.02 Å². The summed E-state index contributed by atoms with van der Waals surface area (Å²) in [6.07, 6.45) is 3.64. The van der Waals surface area contributed by atoms with Crippen LogP contribution in [0.1, 0.15) is 36.3 Å². The van der Waals surface area contributed by atoms with E-state index >= 15 is 0 Å². The number of hydrogen-bond donors (Lipinski definition) is 1. The minimum absolute atomic E-state index is 0.266. The molecule has 0 bridgehead atoms. The number of phenolic OH excluding ortho intramolecular Hbond substituents is 1. The van der Waals surface area contributed by atoms with E-state index in [0.29, 0.717) is 11.7 Å². The molecule has 0 aliphatic carbocycles. The zero-order valence-corrected chi connectivity index (χ0v) is 17.7. The molecular weight excluding hydrogens is 384 g/mol. The van der Waals surface area contributed by atoms with Crippen LogP contribution in [-0.4, -0.2) is 60.3 Å². The van der Waals surface area contributed by atoms with Crippen LogP contribution in [-0.2, 0) is 11.3 Å². The minimum atomic E-state index is 0.266. The van der Waals surface area contributed by atoms with Crippen LogP contribution in [0.15, 0.2) is 48.5 Å². The molecule has 2 aromatic rings. The highest BCUT2D eigenvalue weighted by Crippen LogP contribution is 2.30. The van der Waals surface area contributed by atoms with Crippen molar-refractivity contribution in [3.8, 4) is 5.75 Å². The van der Waals surface area contributed by atoms with E-state index < -0.39 is 0 Å². The number of ether oxygens (including phenoxy) is 1. The Balaban J connectivity index is 1.28. The molecule has 2 aliphatic heterocycles. The SMILES string of the molecule is Oc1cccc(C2CCN(CC3CN(Cc4ccc(Cl)cc4)CCCO3)CC2)c1. The van der Waals surface area contributed by atoms with Gasteiger partial charge in [-0.3, -0.25) is 4.90 Å². The first-order valence-electron chi connectivity index (χ1n) is 10.8. The number of phenols is 1. The number of benzene rings is 2. The minimum Gasteiger partial charge on any atom is -0.508 e. The van der Waals surface area contributed by atoms with Crippen molar-refractivity contribution in [3.05, 3.63) is 64.7 Å². The van der Waals surface area contributed by atoms with Gasteiger partial charge >= 0.3 is 0 Å². The van der Waals surface area contributed by atoms with Gasteiger partial charge in [-0.25, -0.2) is 0 Å². The standard InChI is InChI=1S/C24H31ClN2O2/c25-22-7-5-19(6-8-22)16-27-11-2-14-29-24(18-27)17-26-12-9-20(10-13-26)21-3-1-4-23(28)15-21/h1,3-8,15,20,24,28H,2,9-14,16-18H2. The largest absolute Gasteiger partial charge is 0.508 e. The molecule has 0 radical (unpaired) electrons. The van der Waals surface area contributed by atoms with Crippen molar-refractivity contribution >= 4 is 11.6 Å². The summed E-state index contributed by atoms with van der Waals surface area (Å²) >= 11 is 6.02. The van der Waals surface area contributed by atoms with Crippen molar-refractivity contribution in [2.24, 2.45) is 0 Å². The molecule has 1 N–H and O–H groups in total. The van der Waals surface area contributed by atoms with Crippen LogP contribution in [0.5, 0.6) is 5.75 Å². The fourth-order valence-electron chi connectivity index (χ4n) is 4.59. The molecule has 1 unspecified atom stereocenters. The number of halogens is 1. The van der Waals surface area contributed by atoms with Crippen molar-refractivity contribution in [2.45, 2.75) is 37.8 Å². The summed E-state index contributed by atoms with van der Waals surface area (Å²) in [7, 11) is 0. The van der Waals surface area contributed by atoms with Crippen molar-refractivity contribution in [1.29, 1.82) is 0 Å². The van der Waals surface area contributed by atoms with E-state index in [2.05, 4.69) is 28.0 Å². The van der Waals surface area contributed by atoms with Crippen LogP contribution in [0.4, 0.5) is 0 Å². The predicted octanol–water partition coefficient (Wildman–Crippen LogP) is 4.52. The van der Waals surface area contributed by atoms with Crippen molar-refractivity contribution in [1.82, 2.24) is 9.80 Å². The van der Waals surface area contributed by atoms with E-state index in [9.17, 15) is 5.11 Å². The Labute approximate surface area is 179 Å². The van der Waals surface area contributed by atoms with E-state index in [4.69, 9.17) is 16.3 Å². The Morgan fingerprint density at radius 1 is 1.00 bits per heavy atom. The van der Waals surface area contributed by atoms with Gasteiger partial charge in [0.1, 0.15) is 5.75 Å². The molecule has 2 aliphatic rings. The summed E-state index contributed by atoms with van der Waals surface area (Å²) in [4.78, 5) is 5.07. The second-order valence-corrected chi connectivity index (χ2v) is 8.81. The molecule has 0 spiro atoms. The Hall–Kier alpha value is -1.59. The van der Waals surface area contributed by atoms with Gasteiger partial charge in [0.05, 0.1) is 6.10 Å². The number of aromatic hydroxyl groups is 1. The Bertz CT molecular complexity index is 775. The summed E-state index contributed by atoms with van der Waals surface area (Å²) in [5.74, 6) is 0.923. The average molecular weight is 415 g/mol. The number of rotatable bonds is 5. The zero-order valence-electron chi connectivity index (χ0n) is 17.0. The third-order valence-electron chi connectivity index (χ3n) is 6.14. The van der Waals surface area contributed by atoms with Gasteiger partial charge in [-0.2, -0.15) is 0 Å². The maximum absolute atomic E-state index is 9.74. The smallest absolute Gasteiger partial charge is 0.115 e. The van der Waals surface area contributed by atoms with Gasteiger partial charge in [0.2, 0.25) is 0 Å². The topological polar surface area (TPSA) is 35.9 Å². The lowest BCUT2D eigenvalue weighted by Crippen LogP contribution is -2.43. The van der Waals surface area contributed by atoms with Gasteiger partial charge < -0.3 is 14.7 Å². The van der Waals surface area contributed by atoms with Crippen LogP contribution in [0.3, 0.4) is 0 Å². The number of piperidine rings is 1. The lowest BCUT2D eigenvalue weighted by molar-refractivity contribution is 0.0203. The van der Waals surface area contributed by atoms with E-state index in [0.717, 1.165) is 70.2 Å². The van der Waals surface area contributed by atoms with Gasteiger partial charge in [-0.15, -0.1) is 0 Å². The highest BCUT2D eigenvalue weighted by molar-refractivity contribution is 6.30. The predicted molar refractivity (Wildman–Crippen MR) is 118 cm³/mol. The molecule has 2 fully saturated rings. The Morgan fingerprint density at radius 3 is 2.55 bits per heavy atom. The number of likely N-dealkylation sites (tertiary alicyclic amines) is 1. The third kappa shape index (κ3) is 5.95. The second-order valence-electron chi connectivity index (χ2n) is 8.38. The highest BCUT2D eigenvalue weighted by atomic mass is 35.5. The summed E-state index contributed by atoms with van der Waals surface area (Å²) in [5.41, 5.74) is 2.58. The second kappa shape index (κ2) is 9.94. The van der Waals surface area contributed by atoms with E-state index in [-0.39, 0.29) is 6.10 Å². The molecular formula is C24H31ClN2O2. The molecule has 2 heterocycles. The van der Waals surface area contributed by atoms with Gasteiger partial charge in [0, 0.05) is 37.8 Å². The first kappa shape index (κ1) is 20.7. The average Bonchev–Trinajstić information content (AvgIpc) is 2.95. The summed E-state index contributed by atoms with van der Waals surface area (Å²) in [6, 6.07) is 15.9. The van der Waals surface area contributed by atoms with Crippen molar-refractivity contribution in [2.75, 3.05) is 39.3 Å². The van der Waals surface area contributed by atoms with E-state index in [1.165, 1.54) is 11.1 Å². The maximum Gasteiger partial charge on any atom is 0.115 e. The molecule has 29 heavy (non-hydrogen) atoms. The fraction of sp³-hybridized carbons (Fsp3) is 0.500.